The van der Waals surface area contributed by atoms with Crippen LogP contribution in [0.3, 0.4) is 0 Å². The molecule has 0 radical (unpaired) electrons. The van der Waals surface area contributed by atoms with Crippen molar-refractivity contribution < 1.29 is 4.79 Å². The maximum Gasteiger partial charge on any atom is 0.261 e. The number of hydrogen-bond acceptors (Lipinski definition) is 4. The Labute approximate surface area is 146 Å². The van der Waals surface area contributed by atoms with Crippen LogP contribution in [-0.4, -0.2) is 27.9 Å². The smallest absolute Gasteiger partial charge is 0.261 e. The predicted molar refractivity (Wildman–Crippen MR) is 99.0 cm³/mol. The normalized spacial score (nSPS) is 20.0. The zero-order chi connectivity index (χ0) is 17.2. The summed E-state index contributed by atoms with van der Waals surface area (Å²) in [6, 6.07) is 13.8. The summed E-state index contributed by atoms with van der Waals surface area (Å²) in [6.45, 7) is 4.36. The molecule has 1 amide bonds. The average molecular weight is 339 g/mol. The number of thioether (sulfide) groups is 1. The molecule has 1 aliphatic rings. The first-order valence-electron chi connectivity index (χ1n) is 7.87. The molecule has 1 saturated heterocycles. The van der Waals surface area contributed by atoms with Gasteiger partial charge in [0.15, 0.2) is 0 Å². The van der Waals surface area contributed by atoms with E-state index in [2.05, 4.69) is 4.98 Å². The number of hydrogen-bond donors (Lipinski definition) is 1. The lowest BCUT2D eigenvalue weighted by Gasteiger charge is -2.30. The zero-order valence-corrected chi connectivity index (χ0v) is 14.7. The molecule has 1 fully saturated rings. The lowest BCUT2D eigenvalue weighted by Crippen LogP contribution is -2.46. The van der Waals surface area contributed by atoms with Crippen molar-refractivity contribution in [2.45, 2.75) is 24.8 Å². The number of aromatic nitrogens is 1. The second-order valence-electron chi connectivity index (χ2n) is 6.60. The molecule has 0 aliphatic carbocycles. The number of nitrogens with two attached hydrogens (primary N) is 1. The Kier molecular flexibility index (Phi) is 4.73. The Morgan fingerprint density at radius 3 is 2.62 bits per heavy atom. The molecule has 3 rings (SSSR count). The Hall–Kier alpha value is -2.11. The third-order valence-electron chi connectivity index (χ3n) is 3.64. The van der Waals surface area contributed by atoms with Crippen LogP contribution < -0.4 is 5.73 Å². The van der Waals surface area contributed by atoms with E-state index in [0.717, 1.165) is 16.0 Å². The van der Waals surface area contributed by atoms with Gasteiger partial charge in [0, 0.05) is 30.0 Å². The van der Waals surface area contributed by atoms with Gasteiger partial charge in [-0.3, -0.25) is 9.78 Å². The monoisotopic (exact) mass is 339 g/mol. The van der Waals surface area contributed by atoms with Crippen LogP contribution in [0, 0.1) is 0 Å². The van der Waals surface area contributed by atoms with Gasteiger partial charge in [0.05, 0.1) is 4.91 Å². The molecule has 1 unspecified atom stereocenters. The molecule has 2 N–H and O–H groups in total. The summed E-state index contributed by atoms with van der Waals surface area (Å²) in [5.74, 6) is 0.0243. The molecular formula is C19H21N3OS. The first-order valence-corrected chi connectivity index (χ1v) is 8.75. The Balaban J connectivity index is 1.95. The van der Waals surface area contributed by atoms with E-state index in [1.165, 1.54) is 0 Å². The van der Waals surface area contributed by atoms with Crippen molar-refractivity contribution in [2.75, 3.05) is 6.54 Å². The van der Waals surface area contributed by atoms with E-state index in [1.54, 1.807) is 18.0 Å². The summed E-state index contributed by atoms with van der Waals surface area (Å²) in [5.41, 5.74) is 7.75. The van der Waals surface area contributed by atoms with E-state index in [4.69, 9.17) is 5.73 Å². The van der Waals surface area contributed by atoms with Gasteiger partial charge in [-0.15, -0.1) is 0 Å². The fourth-order valence-corrected chi connectivity index (χ4v) is 3.88. The quantitative estimate of drug-likeness (QED) is 0.867. The standard InChI is InChI=1S/C19H21N3OS/c1-19(2,20)13-22-17(23)16(11-14-7-4-3-5-8-14)24-18(22)15-9-6-10-21-12-15/h3-12,18H,13,20H2,1-2H3. The highest BCUT2D eigenvalue weighted by atomic mass is 32.2. The summed E-state index contributed by atoms with van der Waals surface area (Å²) >= 11 is 1.56. The summed E-state index contributed by atoms with van der Waals surface area (Å²) < 4.78 is 0. The summed E-state index contributed by atoms with van der Waals surface area (Å²) in [7, 11) is 0. The lowest BCUT2D eigenvalue weighted by atomic mass is 10.1. The second-order valence-corrected chi connectivity index (χ2v) is 7.72. The highest BCUT2D eigenvalue weighted by molar-refractivity contribution is 8.04. The van der Waals surface area contributed by atoms with Gasteiger partial charge in [-0.25, -0.2) is 0 Å². The van der Waals surface area contributed by atoms with Crippen LogP contribution in [-0.2, 0) is 4.79 Å². The SMILES string of the molecule is CC(C)(N)CN1C(=O)C(=Cc2ccccc2)SC1c1cccnc1. The molecule has 5 heteroatoms. The minimum atomic E-state index is -0.459. The number of pyridine rings is 1. The number of carbonyl (C=O) groups is 1. The van der Waals surface area contributed by atoms with Gasteiger partial charge < -0.3 is 10.6 Å². The number of benzene rings is 1. The molecule has 124 valence electrons. The average Bonchev–Trinajstić information content (AvgIpc) is 2.85. The lowest BCUT2D eigenvalue weighted by molar-refractivity contribution is -0.126. The largest absolute Gasteiger partial charge is 0.324 e. The fourth-order valence-electron chi connectivity index (χ4n) is 2.64. The van der Waals surface area contributed by atoms with Gasteiger partial charge in [-0.2, -0.15) is 0 Å². The fraction of sp³-hybridized carbons (Fsp3) is 0.263. The Morgan fingerprint density at radius 1 is 1.25 bits per heavy atom. The topological polar surface area (TPSA) is 59.2 Å². The molecule has 4 nitrogen and oxygen atoms in total. The van der Waals surface area contributed by atoms with Gasteiger partial charge in [0.1, 0.15) is 5.37 Å². The van der Waals surface area contributed by atoms with Crippen molar-refractivity contribution >= 4 is 23.7 Å². The van der Waals surface area contributed by atoms with Gasteiger partial charge in [0.25, 0.3) is 5.91 Å². The molecule has 0 saturated carbocycles. The van der Waals surface area contributed by atoms with Crippen molar-refractivity contribution in [1.82, 2.24) is 9.88 Å². The third-order valence-corrected chi connectivity index (χ3v) is 4.93. The van der Waals surface area contributed by atoms with Crippen LogP contribution in [0.5, 0.6) is 0 Å². The molecule has 1 atom stereocenters. The highest BCUT2D eigenvalue weighted by Crippen LogP contribution is 2.46. The van der Waals surface area contributed by atoms with Crippen LogP contribution in [0.15, 0.2) is 59.8 Å². The maximum atomic E-state index is 12.9. The second kappa shape index (κ2) is 6.79. The summed E-state index contributed by atoms with van der Waals surface area (Å²) in [6.07, 6.45) is 5.50. The number of amides is 1. The molecule has 1 aromatic carbocycles. The molecule has 0 spiro atoms. The molecule has 1 aromatic heterocycles. The van der Waals surface area contributed by atoms with Crippen molar-refractivity contribution in [1.29, 1.82) is 0 Å². The van der Waals surface area contributed by atoms with E-state index in [9.17, 15) is 4.79 Å². The first kappa shape index (κ1) is 16.7. The number of rotatable bonds is 4. The highest BCUT2D eigenvalue weighted by Gasteiger charge is 2.39. The van der Waals surface area contributed by atoms with E-state index in [-0.39, 0.29) is 11.3 Å². The van der Waals surface area contributed by atoms with Crippen LogP contribution >= 0.6 is 11.8 Å². The van der Waals surface area contributed by atoms with Crippen LogP contribution in [0.1, 0.15) is 30.3 Å². The van der Waals surface area contributed by atoms with Crippen molar-refractivity contribution in [3.8, 4) is 0 Å². The van der Waals surface area contributed by atoms with E-state index in [1.807, 2.05) is 73.5 Å². The van der Waals surface area contributed by atoms with Gasteiger partial charge >= 0.3 is 0 Å². The van der Waals surface area contributed by atoms with E-state index in [0.29, 0.717) is 6.54 Å². The molecule has 0 bridgehead atoms. The summed E-state index contributed by atoms with van der Waals surface area (Å²) in [4.78, 5) is 19.7. The first-order chi connectivity index (χ1) is 11.4. The van der Waals surface area contributed by atoms with Crippen LogP contribution in [0.2, 0.25) is 0 Å². The van der Waals surface area contributed by atoms with Crippen LogP contribution in [0.4, 0.5) is 0 Å². The maximum absolute atomic E-state index is 12.9. The van der Waals surface area contributed by atoms with Crippen LogP contribution in [0.25, 0.3) is 6.08 Å². The van der Waals surface area contributed by atoms with E-state index >= 15 is 0 Å². The van der Waals surface area contributed by atoms with E-state index < -0.39 is 5.54 Å². The van der Waals surface area contributed by atoms with Crippen molar-refractivity contribution in [3.63, 3.8) is 0 Å². The predicted octanol–water partition coefficient (Wildman–Crippen LogP) is 3.43. The molecule has 24 heavy (non-hydrogen) atoms. The van der Waals surface area contributed by atoms with Crippen molar-refractivity contribution in [3.05, 3.63) is 70.9 Å². The Morgan fingerprint density at radius 2 is 2.00 bits per heavy atom. The number of carbonyl (C=O) groups excluding carboxylic acids is 1. The molecule has 2 heterocycles. The minimum Gasteiger partial charge on any atom is -0.324 e. The summed E-state index contributed by atoms with van der Waals surface area (Å²) in [5, 5.41) is -0.0935. The molecule has 2 aromatic rings. The third kappa shape index (κ3) is 3.86. The molecule has 1 aliphatic heterocycles. The molecular weight excluding hydrogens is 318 g/mol. The Bertz CT molecular complexity index is 738. The van der Waals surface area contributed by atoms with Gasteiger partial charge in [0.2, 0.25) is 0 Å². The minimum absolute atomic E-state index is 0.0243. The van der Waals surface area contributed by atoms with Crippen molar-refractivity contribution in [2.24, 2.45) is 5.73 Å². The number of nitrogens with zero attached hydrogens (tertiary/aromatic N) is 2. The van der Waals surface area contributed by atoms with Gasteiger partial charge in [-0.1, -0.05) is 48.2 Å². The zero-order valence-electron chi connectivity index (χ0n) is 13.8. The van der Waals surface area contributed by atoms with Gasteiger partial charge in [-0.05, 0) is 31.6 Å².